The van der Waals surface area contributed by atoms with Crippen LogP contribution < -0.4 is 23.8 Å². The first-order chi connectivity index (χ1) is 69.3. The quantitative estimate of drug-likeness (QED) is 0.0433. The van der Waals surface area contributed by atoms with Crippen molar-refractivity contribution in [1.29, 1.82) is 0 Å². The highest BCUT2D eigenvalue weighted by molar-refractivity contribution is 7.89. The fraction of sp³-hybridized carbons (Fsp3) is 0.367. The van der Waals surface area contributed by atoms with Crippen LogP contribution in [-0.2, 0) is 105 Å². The van der Waals surface area contributed by atoms with Crippen LogP contribution in [0.5, 0.6) is 23.0 Å². The number of carbonyl (C=O) groups is 15. The van der Waals surface area contributed by atoms with E-state index in [2.05, 4.69) is 23.6 Å². The molecule has 33 nitrogen and oxygen atoms in total. The van der Waals surface area contributed by atoms with Crippen LogP contribution in [-0.4, -0.2) is 244 Å². The summed E-state index contributed by atoms with van der Waals surface area (Å²) < 4.78 is 79.8. The summed E-state index contributed by atoms with van der Waals surface area (Å²) in [7, 11) is -5.11. The van der Waals surface area contributed by atoms with E-state index < -0.39 is 79.4 Å². The lowest BCUT2D eigenvalue weighted by Crippen LogP contribution is -2.48. The van der Waals surface area contributed by atoms with E-state index in [1.807, 2.05) is 66.5 Å². The zero-order valence-electron chi connectivity index (χ0n) is 80.5. The summed E-state index contributed by atoms with van der Waals surface area (Å²) >= 11 is 0. The molecule has 4 saturated carbocycles. The van der Waals surface area contributed by atoms with Gasteiger partial charge in [-0.2, -0.15) is 8.61 Å². The number of imide groups is 2. The van der Waals surface area contributed by atoms with E-state index >= 15 is 0 Å². The molecule has 0 aromatic heterocycles. The van der Waals surface area contributed by atoms with E-state index in [0.29, 0.717) is 118 Å². The minimum Gasteiger partial charge on any atom is -0.489 e. The highest BCUT2D eigenvalue weighted by Crippen LogP contribution is 2.42. The zero-order chi connectivity index (χ0) is 102. The molecule has 0 bridgehead atoms. The van der Waals surface area contributed by atoms with Gasteiger partial charge in [-0.05, 0) is 182 Å². The van der Waals surface area contributed by atoms with E-state index in [1.54, 1.807) is 154 Å². The zero-order valence-corrected chi connectivity index (χ0v) is 83.0. The van der Waals surface area contributed by atoms with Crippen molar-refractivity contribution in [2.24, 2.45) is 11.8 Å². The van der Waals surface area contributed by atoms with Crippen LogP contribution in [0.25, 0.3) is 0 Å². The maximum absolute atomic E-state index is 13.3. The lowest BCUT2D eigenvalue weighted by Gasteiger charge is -2.35. The number of ketones is 8. The number of rotatable bonds is 24. The smallest absolute Gasteiger partial charge is 0.266 e. The average Bonchev–Trinajstić information content (AvgIpc) is 1.60. The Hall–Kier alpha value is -13.9. The van der Waals surface area contributed by atoms with Crippen molar-refractivity contribution in [3.63, 3.8) is 0 Å². The molecule has 4 unspecified atom stereocenters. The Morgan fingerprint density at radius 1 is 0.359 bits per heavy atom. The van der Waals surface area contributed by atoms with Crippen molar-refractivity contribution in [2.45, 2.75) is 184 Å². The molecule has 145 heavy (non-hydrogen) atoms. The number of hydrogen-bond donors (Lipinski definition) is 1. The molecule has 9 aromatic rings. The van der Waals surface area contributed by atoms with E-state index in [-0.39, 0.29) is 206 Å². The monoisotopic (exact) mass is 2030 g/mol. The van der Waals surface area contributed by atoms with Crippen LogP contribution in [0.1, 0.15) is 215 Å². The third-order valence-corrected chi connectivity index (χ3v) is 32.4. The van der Waals surface area contributed by atoms with E-state index in [1.165, 1.54) is 10.4 Å². The van der Waals surface area contributed by atoms with E-state index in [4.69, 9.17) is 24.1 Å². The van der Waals surface area contributed by atoms with Crippen LogP contribution in [0.2, 0.25) is 0 Å². The Kier molecular flexibility index (Phi) is 32.4. The number of benzene rings is 9. The van der Waals surface area contributed by atoms with Gasteiger partial charge in [0.25, 0.3) is 41.4 Å². The molecule has 7 heterocycles. The average molecular weight is 2030 g/mol. The second kappa shape index (κ2) is 45.1. The number of halogens is 1. The number of nitrogens with zero attached hydrogens (tertiary/aromatic N) is 9. The molecule has 7 amide bonds. The summed E-state index contributed by atoms with van der Waals surface area (Å²) in [5.74, 6) is -1.62. The number of carbonyl (C=O) groups excluding carboxylic acids is 15. The molecule has 0 spiro atoms. The molecule has 756 valence electrons. The number of anilines is 1. The number of Topliss-reactive ketones (excluding diaryl/α,β-unsaturated/α-hetero) is 8. The van der Waals surface area contributed by atoms with E-state index in [9.17, 15) is 88.8 Å². The van der Waals surface area contributed by atoms with Gasteiger partial charge in [0.1, 0.15) is 72.6 Å². The number of aliphatic hydroxyl groups excluding tert-OH is 1. The molecule has 1 N–H and O–H groups in total. The predicted molar refractivity (Wildman–Crippen MR) is 531 cm³/mol. The molecule has 4 atom stereocenters. The number of likely N-dealkylation sites (N-methyl/N-ethyl adjacent to an activating group) is 1. The molecule has 9 aromatic carbocycles. The number of hydrogen-bond acceptors (Lipinski definition) is 26. The Labute approximate surface area is 845 Å². The third-order valence-electron chi connectivity index (χ3n) is 28.6. The summed E-state index contributed by atoms with van der Waals surface area (Å²) in [6, 6.07) is 54.9. The normalized spacial score (nSPS) is 20.1. The SMILES string of the molecule is CC(C)C1CCN(S(=O)(=O)c2ccc(COc3cccc4c3CN(C3CCC(=O)CC3=O)C4=O)cc2)CC1.CN1CCN(C(=O)c2ccc(COc3cccc4c3C(=O)N(C3CCC(=O)CC3=O)C4=O)cc2)CC1.Cl.O=C1CCC(N2C(=O)c3cccc(OCc4ccc(CO)cc4)c3C2=O)C(=O)C1.O=C1CCC(N2Cc3c(OCc4ccc(S(=O)(=O)N5CCN(c6ccccc6)CC5)cc4)cccc3C2=O)C(=O)C1. The molecule has 3 saturated heterocycles. The number of aliphatic hydroxyl groups is 1. The van der Waals surface area contributed by atoms with Crippen LogP contribution in [0.15, 0.2) is 210 Å². The molecule has 0 radical (unpaired) electrons. The minimum absolute atomic E-state index is 0. The molecular formula is C109H112ClN9O24S2. The summed E-state index contributed by atoms with van der Waals surface area (Å²) in [4.78, 5) is 199. The fourth-order valence-electron chi connectivity index (χ4n) is 20.2. The van der Waals surface area contributed by atoms with E-state index in [0.717, 1.165) is 80.4 Å². The van der Waals surface area contributed by atoms with Gasteiger partial charge in [-0.3, -0.25) is 81.7 Å². The van der Waals surface area contributed by atoms with Crippen molar-refractivity contribution < 1.29 is 113 Å². The molecular weight excluding hydrogens is 1920 g/mol. The highest BCUT2D eigenvalue weighted by atomic mass is 35.5. The number of amides is 7. The van der Waals surface area contributed by atoms with Gasteiger partial charge in [0.2, 0.25) is 20.0 Å². The van der Waals surface area contributed by atoms with Crippen LogP contribution in [0.3, 0.4) is 0 Å². The maximum Gasteiger partial charge on any atom is 0.266 e. The van der Waals surface area contributed by atoms with Crippen LogP contribution in [0, 0.1) is 11.8 Å². The van der Waals surface area contributed by atoms with Crippen LogP contribution >= 0.6 is 12.4 Å². The van der Waals surface area contributed by atoms with Crippen molar-refractivity contribution in [3.05, 3.63) is 278 Å². The molecule has 11 aliphatic rings. The van der Waals surface area contributed by atoms with Gasteiger partial charge >= 0.3 is 0 Å². The number of ether oxygens (including phenoxy) is 4. The van der Waals surface area contributed by atoms with Gasteiger partial charge in [-0.1, -0.05) is 117 Å². The number of piperidine rings is 1. The Morgan fingerprint density at radius 2 is 0.703 bits per heavy atom. The Morgan fingerprint density at radius 3 is 1.08 bits per heavy atom. The van der Waals surface area contributed by atoms with Crippen molar-refractivity contribution >= 4 is 126 Å². The first-order valence-electron chi connectivity index (χ1n) is 48.6. The number of piperazine rings is 2. The summed E-state index contributed by atoms with van der Waals surface area (Å²) in [5, 5.41) is 9.11. The topological polar surface area (TPSA) is 411 Å². The summed E-state index contributed by atoms with van der Waals surface area (Å²) in [6.45, 7) is 11.9. The Bertz CT molecular complexity index is 6800. The first kappa shape index (κ1) is 104. The molecule has 7 fully saturated rings. The third kappa shape index (κ3) is 22.8. The largest absolute Gasteiger partial charge is 0.489 e. The Balaban J connectivity index is 0.000000139. The second-order valence-electron chi connectivity index (χ2n) is 38.1. The van der Waals surface area contributed by atoms with Crippen LogP contribution in [0.4, 0.5) is 5.69 Å². The molecule has 4 aliphatic carbocycles. The van der Waals surface area contributed by atoms with Gasteiger partial charge in [0.15, 0.2) is 23.1 Å². The van der Waals surface area contributed by atoms with Crippen molar-refractivity contribution in [1.82, 2.24) is 38.0 Å². The van der Waals surface area contributed by atoms with Crippen molar-refractivity contribution in [3.8, 4) is 23.0 Å². The minimum atomic E-state index is -3.62. The fourth-order valence-corrected chi connectivity index (χ4v) is 23.1. The lowest BCUT2D eigenvalue weighted by atomic mass is 9.87. The first-order valence-corrected chi connectivity index (χ1v) is 51.5. The highest BCUT2D eigenvalue weighted by Gasteiger charge is 2.50. The molecule has 7 aliphatic heterocycles. The van der Waals surface area contributed by atoms with Gasteiger partial charge in [-0.15, -0.1) is 12.4 Å². The summed E-state index contributed by atoms with van der Waals surface area (Å²) in [5.41, 5.74) is 8.85. The number of fused-ring (bicyclic) bond motifs is 4. The summed E-state index contributed by atoms with van der Waals surface area (Å²) in [6.07, 6.45) is 3.02. The molecule has 36 heteroatoms. The number of sulfonamides is 2. The number of para-hydroxylation sites is 1. The molecule has 20 rings (SSSR count). The van der Waals surface area contributed by atoms with Crippen molar-refractivity contribution in [2.75, 3.05) is 77.4 Å². The van der Waals surface area contributed by atoms with Gasteiger partial charge in [-0.25, -0.2) is 16.8 Å². The maximum atomic E-state index is 13.3. The van der Waals surface area contributed by atoms with Gasteiger partial charge in [0, 0.05) is 125 Å². The predicted octanol–water partition coefficient (Wildman–Crippen LogP) is 11.8. The van der Waals surface area contributed by atoms with Gasteiger partial charge < -0.3 is 48.6 Å². The second-order valence-corrected chi connectivity index (χ2v) is 42.0. The lowest BCUT2D eigenvalue weighted by molar-refractivity contribution is -0.134. The standard InChI is InChI=1S/C31H31N3O6S.C29H34N2O6S.C27H27N3O6.C22H19NO6.ClH/c35-24-11-14-28(29(36)19-24)34-20-27-26(31(34)37)7-4-8-30(27)40-21-22-9-12-25(13-10-22)41(38,39)33-17-15-32(16-18-33)23-5-2-1-3-6-23;1-19(2)21-12-14-30(15-13-21)38(35,36)23-9-6-20(7-10-23)18-37-28-5-3-4-24-25(28)17-31(29(24)34)26-11-8-22(32)16-27(26)33;1-28-11-13-29(14-12-28)25(33)18-7-5-17(6-8-18)16-36-23-4-2-3-20-24(23)27(35)30(26(20)34)21-10-9-19(31)15-22(21)32;24-11-13-4-6-14(7-5-13)12-29-19-3-1-2-16-20(19)22(28)23(21(16)27)17-9-8-15(25)10-18(17)26;/h1-10,12-13,28H,11,14-21H2;3-7,9-10,19,21,26H,8,11-18H2,1-2H3;2-8,21H,9-16H2,1H3;1-7,17,24H,8-12H2;1H. The van der Waals surface area contributed by atoms with Gasteiger partial charge in [0.05, 0.1) is 102 Å².